The predicted octanol–water partition coefficient (Wildman–Crippen LogP) is 2.64. The number of benzene rings is 1. The molecule has 0 spiro atoms. The summed E-state index contributed by atoms with van der Waals surface area (Å²) in [6.07, 6.45) is 1.56. The van der Waals surface area contributed by atoms with Crippen LogP contribution in [0, 0.1) is 0 Å². The van der Waals surface area contributed by atoms with Crippen molar-refractivity contribution in [2.75, 3.05) is 7.11 Å². The highest BCUT2D eigenvalue weighted by atomic mass is 16.5. The lowest BCUT2D eigenvalue weighted by molar-refractivity contribution is 0.101. The second-order valence-electron chi connectivity index (χ2n) is 3.03. The van der Waals surface area contributed by atoms with Crippen molar-refractivity contribution < 1.29 is 13.9 Å². The number of carbonyl (C=O) groups excluding carboxylic acids is 1. The van der Waals surface area contributed by atoms with E-state index in [2.05, 4.69) is 0 Å². The third-order valence-corrected chi connectivity index (χ3v) is 2.18. The van der Waals surface area contributed by atoms with Crippen LogP contribution in [0.3, 0.4) is 0 Å². The van der Waals surface area contributed by atoms with Crippen molar-refractivity contribution in [3.05, 3.63) is 30.0 Å². The molecule has 0 amide bonds. The van der Waals surface area contributed by atoms with Gasteiger partial charge in [-0.15, -0.1) is 0 Å². The van der Waals surface area contributed by atoms with Crippen LogP contribution in [0.4, 0.5) is 0 Å². The first kappa shape index (κ1) is 8.81. The normalized spacial score (nSPS) is 10.4. The maximum atomic E-state index is 11.3. The number of Topliss-reactive ketones (excluding diaryl/α,β-unsaturated/α-hetero) is 1. The van der Waals surface area contributed by atoms with Gasteiger partial charge in [-0.1, -0.05) is 0 Å². The van der Waals surface area contributed by atoms with Crippen LogP contribution in [0.2, 0.25) is 0 Å². The molecule has 14 heavy (non-hydrogen) atoms. The molecule has 0 fully saturated rings. The maximum absolute atomic E-state index is 11.3. The van der Waals surface area contributed by atoms with Crippen molar-refractivity contribution in [2.24, 2.45) is 0 Å². The third kappa shape index (κ3) is 1.18. The minimum atomic E-state index is -0.00685. The van der Waals surface area contributed by atoms with Gasteiger partial charge in [-0.2, -0.15) is 0 Å². The number of methoxy groups -OCH3 is 1. The van der Waals surface area contributed by atoms with Gasteiger partial charge in [-0.3, -0.25) is 4.79 Å². The van der Waals surface area contributed by atoms with Crippen LogP contribution in [-0.2, 0) is 0 Å². The molecule has 2 aromatic rings. The Bertz CT molecular complexity index is 482. The monoisotopic (exact) mass is 190 g/mol. The summed E-state index contributed by atoms with van der Waals surface area (Å²) in [5, 5.41) is 0.834. The Balaban J connectivity index is 2.78. The van der Waals surface area contributed by atoms with Crippen LogP contribution in [0.15, 0.2) is 28.9 Å². The van der Waals surface area contributed by atoms with Gasteiger partial charge in [-0.25, -0.2) is 0 Å². The van der Waals surface area contributed by atoms with Gasteiger partial charge >= 0.3 is 0 Å². The van der Waals surface area contributed by atoms with E-state index in [0.717, 1.165) is 11.1 Å². The van der Waals surface area contributed by atoms with Gasteiger partial charge in [-0.05, 0) is 25.1 Å². The van der Waals surface area contributed by atoms with E-state index in [1.165, 1.54) is 6.92 Å². The lowest BCUT2D eigenvalue weighted by atomic mass is 10.1. The Hall–Kier alpha value is -1.77. The zero-order valence-corrected chi connectivity index (χ0v) is 8.03. The first-order chi connectivity index (χ1) is 6.74. The molecule has 72 valence electrons. The van der Waals surface area contributed by atoms with Crippen molar-refractivity contribution >= 4 is 16.8 Å². The predicted molar refractivity (Wildman–Crippen MR) is 52.8 cm³/mol. The van der Waals surface area contributed by atoms with E-state index in [0.29, 0.717) is 11.1 Å². The van der Waals surface area contributed by atoms with Crippen LogP contribution in [0.5, 0.6) is 5.75 Å². The fourth-order valence-corrected chi connectivity index (χ4v) is 1.49. The molecule has 0 saturated carbocycles. The van der Waals surface area contributed by atoms with Gasteiger partial charge in [0.2, 0.25) is 0 Å². The largest absolute Gasteiger partial charge is 0.496 e. The average Bonchev–Trinajstić information content (AvgIpc) is 2.64. The number of hydrogen-bond donors (Lipinski definition) is 0. The molecule has 1 aromatic heterocycles. The number of ether oxygens (including phenoxy) is 1. The van der Waals surface area contributed by atoms with Crippen molar-refractivity contribution in [3.63, 3.8) is 0 Å². The van der Waals surface area contributed by atoms with Gasteiger partial charge < -0.3 is 9.15 Å². The molecule has 3 nitrogen and oxygen atoms in total. The Morgan fingerprint density at radius 2 is 2.14 bits per heavy atom. The van der Waals surface area contributed by atoms with Gasteiger partial charge in [0.1, 0.15) is 11.3 Å². The molecule has 1 heterocycles. The van der Waals surface area contributed by atoms with Gasteiger partial charge in [0.05, 0.1) is 24.3 Å². The van der Waals surface area contributed by atoms with Crippen LogP contribution in [0.1, 0.15) is 17.3 Å². The number of hydrogen-bond acceptors (Lipinski definition) is 3. The molecule has 1 aromatic carbocycles. The summed E-state index contributed by atoms with van der Waals surface area (Å²) in [6, 6.07) is 5.28. The summed E-state index contributed by atoms with van der Waals surface area (Å²) >= 11 is 0. The summed E-state index contributed by atoms with van der Waals surface area (Å²) in [6.45, 7) is 1.52. The molecule has 0 unspecified atom stereocenters. The van der Waals surface area contributed by atoms with Crippen LogP contribution in [-0.4, -0.2) is 12.9 Å². The standard InChI is InChI=1S/C11H10O3/c1-7(12)8-3-4-10(13-2)9-5-6-14-11(8)9/h3-6H,1-2H3. The molecule has 0 aliphatic rings. The highest BCUT2D eigenvalue weighted by Crippen LogP contribution is 2.29. The summed E-state index contributed by atoms with van der Waals surface area (Å²) < 4.78 is 10.4. The maximum Gasteiger partial charge on any atom is 0.163 e. The molecular formula is C11H10O3. The van der Waals surface area contributed by atoms with Crippen molar-refractivity contribution in [1.82, 2.24) is 0 Å². The molecule has 0 atom stereocenters. The van der Waals surface area contributed by atoms with Crippen molar-refractivity contribution in [2.45, 2.75) is 6.92 Å². The fourth-order valence-electron chi connectivity index (χ4n) is 1.49. The van der Waals surface area contributed by atoms with Crippen LogP contribution >= 0.6 is 0 Å². The van der Waals surface area contributed by atoms with E-state index in [1.807, 2.05) is 0 Å². The second-order valence-corrected chi connectivity index (χ2v) is 3.03. The number of carbonyl (C=O) groups is 1. The third-order valence-electron chi connectivity index (χ3n) is 2.18. The minimum Gasteiger partial charge on any atom is -0.496 e. The molecular weight excluding hydrogens is 180 g/mol. The van der Waals surface area contributed by atoms with Crippen LogP contribution in [0.25, 0.3) is 11.0 Å². The molecule has 2 rings (SSSR count). The minimum absolute atomic E-state index is 0.00685. The molecule has 0 bridgehead atoms. The zero-order chi connectivity index (χ0) is 10.1. The van der Waals surface area contributed by atoms with Gasteiger partial charge in [0.15, 0.2) is 5.78 Å². The molecule has 0 aliphatic carbocycles. The van der Waals surface area contributed by atoms with Crippen molar-refractivity contribution in [1.29, 1.82) is 0 Å². The van der Waals surface area contributed by atoms with Gasteiger partial charge in [0.25, 0.3) is 0 Å². The summed E-state index contributed by atoms with van der Waals surface area (Å²) in [7, 11) is 1.59. The highest BCUT2D eigenvalue weighted by Gasteiger charge is 2.11. The van der Waals surface area contributed by atoms with E-state index < -0.39 is 0 Å². The smallest absolute Gasteiger partial charge is 0.163 e. The van der Waals surface area contributed by atoms with Gasteiger partial charge in [0, 0.05) is 0 Å². The highest BCUT2D eigenvalue weighted by molar-refractivity contribution is 6.06. The van der Waals surface area contributed by atoms with E-state index in [-0.39, 0.29) is 5.78 Å². The first-order valence-corrected chi connectivity index (χ1v) is 4.29. The van der Waals surface area contributed by atoms with E-state index in [1.54, 1.807) is 31.6 Å². The average molecular weight is 190 g/mol. The Labute approximate surface area is 81.3 Å². The lowest BCUT2D eigenvalue weighted by Gasteiger charge is -2.02. The summed E-state index contributed by atoms with van der Waals surface area (Å²) in [5.74, 6) is 0.714. The number of ketones is 1. The fraction of sp³-hybridized carbons (Fsp3) is 0.182. The lowest BCUT2D eigenvalue weighted by Crippen LogP contribution is -1.93. The topological polar surface area (TPSA) is 39.4 Å². The number of furan rings is 1. The van der Waals surface area contributed by atoms with E-state index in [9.17, 15) is 4.79 Å². The van der Waals surface area contributed by atoms with Crippen LogP contribution < -0.4 is 4.74 Å². The van der Waals surface area contributed by atoms with E-state index >= 15 is 0 Å². The second kappa shape index (κ2) is 3.18. The zero-order valence-electron chi connectivity index (χ0n) is 8.03. The number of fused-ring (bicyclic) bond motifs is 1. The molecule has 3 heteroatoms. The van der Waals surface area contributed by atoms with Crippen molar-refractivity contribution in [3.8, 4) is 5.75 Å². The number of rotatable bonds is 2. The molecule has 0 saturated heterocycles. The summed E-state index contributed by atoms with van der Waals surface area (Å²) in [4.78, 5) is 11.3. The Morgan fingerprint density at radius 1 is 1.36 bits per heavy atom. The SMILES string of the molecule is COc1ccc(C(C)=O)c2occc12. The van der Waals surface area contributed by atoms with E-state index in [4.69, 9.17) is 9.15 Å². The Morgan fingerprint density at radius 3 is 2.79 bits per heavy atom. The quantitative estimate of drug-likeness (QED) is 0.683. The molecule has 0 N–H and O–H groups in total. The first-order valence-electron chi connectivity index (χ1n) is 4.29. The Kier molecular flexibility index (Phi) is 2.00. The molecule has 0 radical (unpaired) electrons. The summed E-state index contributed by atoms with van der Waals surface area (Å²) in [5.41, 5.74) is 1.18. The molecule has 0 aliphatic heterocycles.